The van der Waals surface area contributed by atoms with Crippen LogP contribution in [0.15, 0.2) is 54.7 Å². The van der Waals surface area contributed by atoms with Gasteiger partial charge in [-0.25, -0.2) is 4.98 Å². The molecule has 0 bridgehead atoms. The third-order valence-electron chi connectivity index (χ3n) is 3.67. The normalized spacial score (nSPS) is 11.4. The van der Waals surface area contributed by atoms with Crippen LogP contribution in [-0.4, -0.2) is 15.5 Å². The second-order valence-corrected chi connectivity index (χ2v) is 6.03. The molecular formula is C18H13ClF3N3O. The second-order valence-electron chi connectivity index (χ2n) is 5.60. The summed E-state index contributed by atoms with van der Waals surface area (Å²) in [6.07, 6.45) is -3.56. The van der Waals surface area contributed by atoms with Crippen LogP contribution in [0, 0.1) is 0 Å². The highest BCUT2D eigenvalue weighted by atomic mass is 35.5. The maximum Gasteiger partial charge on any atom is 0.434 e. The first-order valence-corrected chi connectivity index (χ1v) is 7.90. The smallest absolute Gasteiger partial charge is 0.333 e. The maximum atomic E-state index is 12.8. The lowest BCUT2D eigenvalue weighted by molar-refractivity contribution is -0.140. The molecule has 0 saturated carbocycles. The van der Waals surface area contributed by atoms with Crippen LogP contribution in [0.4, 0.5) is 18.9 Å². The van der Waals surface area contributed by atoms with E-state index in [1.165, 1.54) is 11.6 Å². The van der Waals surface area contributed by atoms with Crippen LogP contribution < -0.4 is 5.32 Å². The average molecular weight is 380 g/mol. The summed E-state index contributed by atoms with van der Waals surface area (Å²) < 4.78 is 39.6. The quantitative estimate of drug-likeness (QED) is 0.695. The number of carbonyl (C=O) groups excluding carboxylic acids is 1. The minimum absolute atomic E-state index is 0.188. The highest BCUT2D eigenvalue weighted by Crippen LogP contribution is 2.30. The zero-order chi connectivity index (χ0) is 18.9. The van der Waals surface area contributed by atoms with Gasteiger partial charge in [-0.05, 0) is 48.5 Å². The molecule has 0 fully saturated rings. The van der Waals surface area contributed by atoms with E-state index in [9.17, 15) is 18.0 Å². The molecule has 2 aromatic carbocycles. The molecular weight excluding hydrogens is 367 g/mol. The number of aromatic nitrogens is 2. The summed E-state index contributed by atoms with van der Waals surface area (Å²) in [7, 11) is 1.49. The highest BCUT2D eigenvalue weighted by Gasteiger charge is 2.34. The topological polar surface area (TPSA) is 46.9 Å². The zero-order valence-electron chi connectivity index (χ0n) is 13.5. The van der Waals surface area contributed by atoms with Gasteiger partial charge in [0.05, 0.1) is 0 Å². The van der Waals surface area contributed by atoms with Crippen molar-refractivity contribution in [1.29, 1.82) is 0 Å². The van der Waals surface area contributed by atoms with Crippen LogP contribution >= 0.6 is 11.6 Å². The van der Waals surface area contributed by atoms with E-state index in [0.29, 0.717) is 21.8 Å². The van der Waals surface area contributed by atoms with E-state index >= 15 is 0 Å². The van der Waals surface area contributed by atoms with Crippen LogP contribution in [0.5, 0.6) is 0 Å². The Bertz CT molecular complexity index is 932. The van der Waals surface area contributed by atoms with Crippen LogP contribution in [0.25, 0.3) is 11.4 Å². The molecule has 8 heteroatoms. The Balaban J connectivity index is 1.78. The minimum Gasteiger partial charge on any atom is -0.333 e. The van der Waals surface area contributed by atoms with E-state index in [0.717, 1.165) is 6.20 Å². The molecule has 1 amide bonds. The molecule has 4 nitrogen and oxygen atoms in total. The van der Waals surface area contributed by atoms with Crippen LogP contribution in [0.2, 0.25) is 5.02 Å². The Hall–Kier alpha value is -2.80. The van der Waals surface area contributed by atoms with Crippen molar-refractivity contribution >= 4 is 23.2 Å². The summed E-state index contributed by atoms with van der Waals surface area (Å²) in [6.45, 7) is 0. The number of aryl methyl sites for hydroxylation is 1. The van der Waals surface area contributed by atoms with Crippen LogP contribution in [-0.2, 0) is 13.2 Å². The molecule has 1 heterocycles. The molecule has 0 unspecified atom stereocenters. The number of nitrogens with zero attached hydrogens (tertiary/aromatic N) is 2. The van der Waals surface area contributed by atoms with E-state index in [1.54, 1.807) is 48.5 Å². The van der Waals surface area contributed by atoms with Crippen molar-refractivity contribution in [2.24, 2.45) is 7.05 Å². The Morgan fingerprint density at radius 3 is 2.23 bits per heavy atom. The molecule has 0 aliphatic heterocycles. The SMILES string of the molecule is Cn1cc(C(F)(F)F)nc1-c1ccc(NC(=O)c2ccc(Cl)cc2)cc1. The number of amides is 1. The van der Waals surface area contributed by atoms with Crippen LogP contribution in [0.3, 0.4) is 0 Å². The minimum atomic E-state index is -4.50. The number of imidazole rings is 1. The molecule has 1 aromatic heterocycles. The number of hydrogen-bond donors (Lipinski definition) is 1. The van der Waals surface area contributed by atoms with Gasteiger partial charge in [-0.2, -0.15) is 13.2 Å². The molecule has 26 heavy (non-hydrogen) atoms. The van der Waals surface area contributed by atoms with Gasteiger partial charge in [-0.15, -0.1) is 0 Å². The lowest BCUT2D eigenvalue weighted by atomic mass is 10.1. The highest BCUT2D eigenvalue weighted by molar-refractivity contribution is 6.30. The van der Waals surface area contributed by atoms with Crippen LogP contribution in [0.1, 0.15) is 16.1 Å². The van der Waals surface area contributed by atoms with E-state index in [-0.39, 0.29) is 11.7 Å². The van der Waals surface area contributed by atoms with Crippen molar-refractivity contribution in [1.82, 2.24) is 9.55 Å². The monoisotopic (exact) mass is 379 g/mol. The average Bonchev–Trinajstić information content (AvgIpc) is 2.98. The summed E-state index contributed by atoms with van der Waals surface area (Å²) in [4.78, 5) is 15.8. The second kappa shape index (κ2) is 6.84. The molecule has 134 valence electrons. The van der Waals surface area contributed by atoms with Gasteiger partial charge in [0.15, 0.2) is 5.69 Å². The van der Waals surface area contributed by atoms with Crippen molar-refractivity contribution < 1.29 is 18.0 Å². The van der Waals surface area contributed by atoms with Gasteiger partial charge in [0.2, 0.25) is 0 Å². The molecule has 3 aromatic rings. The first-order chi connectivity index (χ1) is 12.2. The number of rotatable bonds is 3. The van der Waals surface area contributed by atoms with Gasteiger partial charge in [-0.1, -0.05) is 11.6 Å². The molecule has 0 atom stereocenters. The van der Waals surface area contributed by atoms with E-state index in [2.05, 4.69) is 10.3 Å². The molecule has 3 rings (SSSR count). The molecule has 0 radical (unpaired) electrons. The zero-order valence-corrected chi connectivity index (χ0v) is 14.3. The first kappa shape index (κ1) is 18.0. The van der Waals surface area contributed by atoms with Gasteiger partial charge in [0.25, 0.3) is 5.91 Å². The van der Waals surface area contributed by atoms with Crippen molar-refractivity contribution in [3.63, 3.8) is 0 Å². The molecule has 1 N–H and O–H groups in total. The standard InChI is InChI=1S/C18H13ClF3N3O/c1-25-10-15(18(20,21)22)24-16(25)11-4-8-14(9-5-11)23-17(26)12-2-6-13(19)7-3-12/h2-10H,1H3,(H,23,26). The van der Waals surface area contributed by atoms with E-state index in [1.807, 2.05) is 0 Å². The Morgan fingerprint density at radius 1 is 1.08 bits per heavy atom. The number of carbonyl (C=O) groups is 1. The predicted octanol–water partition coefficient (Wildman–Crippen LogP) is 5.01. The Morgan fingerprint density at radius 2 is 1.69 bits per heavy atom. The molecule has 0 spiro atoms. The van der Waals surface area contributed by atoms with Gasteiger partial charge in [0, 0.05) is 35.1 Å². The van der Waals surface area contributed by atoms with Crippen molar-refractivity contribution in [2.75, 3.05) is 5.32 Å². The maximum absolute atomic E-state index is 12.8. The van der Waals surface area contributed by atoms with Crippen molar-refractivity contribution in [2.45, 2.75) is 6.18 Å². The number of anilines is 1. The Labute approximate surface area is 152 Å². The number of alkyl halides is 3. The predicted molar refractivity (Wildman–Crippen MR) is 93.1 cm³/mol. The fourth-order valence-electron chi connectivity index (χ4n) is 2.38. The van der Waals surface area contributed by atoms with E-state index in [4.69, 9.17) is 11.6 Å². The number of halogens is 4. The Kier molecular flexibility index (Phi) is 4.73. The number of benzene rings is 2. The largest absolute Gasteiger partial charge is 0.434 e. The third-order valence-corrected chi connectivity index (χ3v) is 3.93. The molecule has 0 aliphatic rings. The van der Waals surface area contributed by atoms with Gasteiger partial charge >= 0.3 is 6.18 Å². The van der Waals surface area contributed by atoms with Gasteiger partial charge in [-0.3, -0.25) is 4.79 Å². The lowest BCUT2D eigenvalue weighted by Gasteiger charge is -2.07. The summed E-state index contributed by atoms with van der Waals surface area (Å²) in [5.74, 6) is -0.126. The summed E-state index contributed by atoms with van der Waals surface area (Å²) in [6, 6.07) is 12.8. The first-order valence-electron chi connectivity index (χ1n) is 7.52. The number of nitrogens with one attached hydrogen (secondary N) is 1. The third kappa shape index (κ3) is 3.88. The summed E-state index contributed by atoms with van der Waals surface area (Å²) in [5.41, 5.74) is 0.513. The number of hydrogen-bond acceptors (Lipinski definition) is 2. The molecule has 0 aliphatic carbocycles. The lowest BCUT2D eigenvalue weighted by Crippen LogP contribution is -2.11. The fourth-order valence-corrected chi connectivity index (χ4v) is 2.50. The van der Waals surface area contributed by atoms with Gasteiger partial charge in [0.1, 0.15) is 5.82 Å². The fraction of sp³-hybridized carbons (Fsp3) is 0.111. The van der Waals surface area contributed by atoms with E-state index < -0.39 is 11.9 Å². The summed E-state index contributed by atoms with van der Waals surface area (Å²) in [5, 5.41) is 3.24. The summed E-state index contributed by atoms with van der Waals surface area (Å²) >= 11 is 5.78. The van der Waals surface area contributed by atoms with Crippen molar-refractivity contribution in [3.05, 3.63) is 71.0 Å². The molecule has 0 saturated heterocycles. The van der Waals surface area contributed by atoms with Crippen molar-refractivity contribution in [3.8, 4) is 11.4 Å². The van der Waals surface area contributed by atoms with Gasteiger partial charge < -0.3 is 9.88 Å².